The van der Waals surface area contributed by atoms with Crippen LogP contribution in [0.1, 0.15) is 23.8 Å². The molecule has 0 aliphatic carbocycles. The van der Waals surface area contributed by atoms with Crippen LogP contribution < -0.4 is 4.90 Å². The molecule has 3 nitrogen and oxygen atoms in total. The molecule has 1 amide bonds. The highest BCUT2D eigenvalue weighted by Crippen LogP contribution is 2.33. The molecule has 0 spiro atoms. The molecule has 0 radical (unpaired) electrons. The number of hydrogen-bond donors (Lipinski definition) is 1. The largest absolute Gasteiger partial charge is 0.337 e. The third-order valence-electron chi connectivity index (χ3n) is 3.69. The first-order valence-corrected chi connectivity index (χ1v) is 7.90. The first-order chi connectivity index (χ1) is 9.56. The molecule has 1 aromatic heterocycles. The number of rotatable bonds is 1. The highest BCUT2D eigenvalue weighted by atomic mass is 32.1. The number of aryl methyl sites for hydroxylation is 2. The Morgan fingerprint density at radius 3 is 2.90 bits per heavy atom. The van der Waals surface area contributed by atoms with E-state index in [-0.39, 0.29) is 5.91 Å². The minimum Gasteiger partial charge on any atom is -0.337 e. The topological polar surface area (TPSA) is 36.1 Å². The summed E-state index contributed by atoms with van der Waals surface area (Å²) in [7, 11) is 0. The quantitative estimate of drug-likeness (QED) is 0.806. The van der Waals surface area contributed by atoms with E-state index in [9.17, 15) is 4.79 Å². The fourth-order valence-corrected chi connectivity index (χ4v) is 3.94. The minimum atomic E-state index is 0.116. The molecule has 20 heavy (non-hydrogen) atoms. The zero-order chi connectivity index (χ0) is 14.3. The smallest absolute Gasteiger partial charge is 0.223 e. The van der Waals surface area contributed by atoms with E-state index in [1.807, 2.05) is 4.90 Å². The van der Waals surface area contributed by atoms with Crippen LogP contribution in [0.25, 0.3) is 11.3 Å². The minimum absolute atomic E-state index is 0.116. The summed E-state index contributed by atoms with van der Waals surface area (Å²) in [5, 5.41) is 0. The molecule has 5 heteroatoms. The standard InChI is InChI=1S/C15H16N2OS2/c1-9-14(16-15(19)20-9)12-5-6-13-11(8-12)4-3-7-17(13)10(2)18/h5-6,8H,3-4,7H2,1-2H3,(H,16,19). The van der Waals surface area contributed by atoms with Gasteiger partial charge >= 0.3 is 0 Å². The van der Waals surface area contributed by atoms with Gasteiger partial charge in [0.25, 0.3) is 0 Å². The Morgan fingerprint density at radius 1 is 1.45 bits per heavy atom. The highest BCUT2D eigenvalue weighted by molar-refractivity contribution is 7.73. The molecule has 3 rings (SSSR count). The van der Waals surface area contributed by atoms with Gasteiger partial charge < -0.3 is 9.88 Å². The Bertz CT molecular complexity index is 730. The fourth-order valence-electron chi connectivity index (χ4n) is 2.76. The summed E-state index contributed by atoms with van der Waals surface area (Å²) in [5.41, 5.74) is 4.55. The molecule has 0 fully saturated rings. The Labute approximate surface area is 127 Å². The number of benzene rings is 1. The van der Waals surface area contributed by atoms with E-state index in [1.165, 1.54) is 10.4 Å². The summed E-state index contributed by atoms with van der Waals surface area (Å²) in [5.74, 6) is 0.116. The van der Waals surface area contributed by atoms with Crippen molar-refractivity contribution >= 4 is 35.1 Å². The van der Waals surface area contributed by atoms with Crippen LogP contribution in [0.15, 0.2) is 18.2 Å². The van der Waals surface area contributed by atoms with Gasteiger partial charge in [0.1, 0.15) is 0 Å². The summed E-state index contributed by atoms with van der Waals surface area (Å²) in [6, 6.07) is 6.31. The molecule has 2 heterocycles. The third kappa shape index (κ3) is 2.31. The zero-order valence-corrected chi connectivity index (χ0v) is 13.2. The molecule has 1 aromatic carbocycles. The average Bonchev–Trinajstić information content (AvgIpc) is 2.76. The van der Waals surface area contributed by atoms with Crippen LogP contribution in [0.5, 0.6) is 0 Å². The number of nitrogens with one attached hydrogen (secondary N) is 1. The zero-order valence-electron chi connectivity index (χ0n) is 11.5. The van der Waals surface area contributed by atoms with Crippen molar-refractivity contribution < 1.29 is 4.79 Å². The van der Waals surface area contributed by atoms with Crippen LogP contribution in [0.3, 0.4) is 0 Å². The van der Waals surface area contributed by atoms with Gasteiger partial charge in [-0.3, -0.25) is 4.79 Å². The van der Waals surface area contributed by atoms with Gasteiger partial charge in [0.15, 0.2) is 3.95 Å². The molecule has 1 aliphatic heterocycles. The number of nitrogens with zero attached hydrogens (tertiary/aromatic N) is 1. The summed E-state index contributed by atoms with van der Waals surface area (Å²) in [6.07, 6.45) is 2.05. The second-order valence-corrected chi connectivity index (χ2v) is 6.95. The lowest BCUT2D eigenvalue weighted by Gasteiger charge is -2.28. The van der Waals surface area contributed by atoms with Crippen molar-refractivity contribution in [3.8, 4) is 11.3 Å². The number of fused-ring (bicyclic) bond motifs is 1. The van der Waals surface area contributed by atoms with Crippen LogP contribution in [0.4, 0.5) is 5.69 Å². The predicted molar refractivity (Wildman–Crippen MR) is 86.0 cm³/mol. The van der Waals surface area contributed by atoms with Crippen LogP contribution in [0, 0.1) is 10.9 Å². The maximum atomic E-state index is 11.7. The van der Waals surface area contributed by atoms with Gasteiger partial charge in [-0.1, -0.05) is 6.07 Å². The van der Waals surface area contributed by atoms with E-state index in [4.69, 9.17) is 12.2 Å². The SMILES string of the molecule is CC(=O)N1CCCc2cc(-c3[nH]c(=S)sc3C)ccc21. The van der Waals surface area contributed by atoms with Crippen LogP contribution in [-0.4, -0.2) is 17.4 Å². The lowest BCUT2D eigenvalue weighted by Crippen LogP contribution is -2.33. The summed E-state index contributed by atoms with van der Waals surface area (Å²) in [4.78, 5) is 18.0. The first kappa shape index (κ1) is 13.5. The molecule has 0 unspecified atom stereocenters. The van der Waals surface area contributed by atoms with E-state index >= 15 is 0 Å². The molecule has 0 saturated carbocycles. The van der Waals surface area contributed by atoms with Crippen LogP contribution in [-0.2, 0) is 11.2 Å². The number of aromatic nitrogens is 1. The van der Waals surface area contributed by atoms with Crippen molar-refractivity contribution in [3.05, 3.63) is 32.6 Å². The van der Waals surface area contributed by atoms with Gasteiger partial charge in [-0.05, 0) is 55.2 Å². The van der Waals surface area contributed by atoms with Crippen molar-refractivity contribution in [1.82, 2.24) is 4.98 Å². The van der Waals surface area contributed by atoms with Crippen molar-refractivity contribution in [2.75, 3.05) is 11.4 Å². The molecule has 0 atom stereocenters. The Morgan fingerprint density at radius 2 is 2.25 bits per heavy atom. The normalized spacial score (nSPS) is 14.2. The monoisotopic (exact) mass is 304 g/mol. The van der Waals surface area contributed by atoms with E-state index in [0.717, 1.165) is 40.3 Å². The fraction of sp³-hybridized carbons (Fsp3) is 0.333. The molecule has 0 bridgehead atoms. The van der Waals surface area contributed by atoms with Gasteiger partial charge in [-0.2, -0.15) is 0 Å². The van der Waals surface area contributed by atoms with E-state index < -0.39 is 0 Å². The molecular formula is C15H16N2OS2. The number of amides is 1. The van der Waals surface area contributed by atoms with Crippen molar-refractivity contribution in [3.63, 3.8) is 0 Å². The van der Waals surface area contributed by atoms with Crippen LogP contribution in [0.2, 0.25) is 0 Å². The summed E-state index contributed by atoms with van der Waals surface area (Å²) >= 11 is 6.81. The number of H-pyrrole nitrogens is 1. The number of thiazole rings is 1. The number of carbonyl (C=O) groups excluding carboxylic acids is 1. The molecule has 2 aromatic rings. The molecule has 1 N–H and O–H groups in total. The molecular weight excluding hydrogens is 288 g/mol. The van der Waals surface area contributed by atoms with Gasteiger partial charge in [0.2, 0.25) is 5.91 Å². The Hall–Kier alpha value is -1.46. The van der Waals surface area contributed by atoms with Crippen LogP contribution >= 0.6 is 23.6 Å². The maximum absolute atomic E-state index is 11.7. The predicted octanol–water partition coefficient (Wildman–Crippen LogP) is 4.08. The summed E-state index contributed by atoms with van der Waals surface area (Å²) < 4.78 is 0.806. The second-order valence-electron chi connectivity index (χ2n) is 5.06. The Balaban J connectivity index is 2.07. The molecule has 104 valence electrons. The number of carbonyl (C=O) groups is 1. The van der Waals surface area contributed by atoms with Gasteiger partial charge in [0, 0.05) is 24.0 Å². The molecule has 1 aliphatic rings. The average molecular weight is 304 g/mol. The van der Waals surface area contributed by atoms with Crippen molar-refractivity contribution in [2.24, 2.45) is 0 Å². The number of aromatic amines is 1. The van der Waals surface area contributed by atoms with Gasteiger partial charge in [-0.25, -0.2) is 0 Å². The van der Waals surface area contributed by atoms with Gasteiger partial charge in [0.05, 0.1) is 5.69 Å². The van der Waals surface area contributed by atoms with Crippen molar-refractivity contribution in [2.45, 2.75) is 26.7 Å². The summed E-state index contributed by atoms with van der Waals surface area (Å²) in [6.45, 7) is 4.53. The van der Waals surface area contributed by atoms with Crippen molar-refractivity contribution in [1.29, 1.82) is 0 Å². The Kier molecular flexibility index (Phi) is 3.48. The highest BCUT2D eigenvalue weighted by Gasteiger charge is 2.20. The second kappa shape index (κ2) is 5.14. The molecule has 0 saturated heterocycles. The van der Waals surface area contributed by atoms with Gasteiger partial charge in [-0.15, -0.1) is 11.3 Å². The lowest BCUT2D eigenvalue weighted by molar-refractivity contribution is -0.116. The number of anilines is 1. The maximum Gasteiger partial charge on any atom is 0.223 e. The first-order valence-electron chi connectivity index (χ1n) is 6.67. The van der Waals surface area contributed by atoms with E-state index in [2.05, 4.69) is 30.1 Å². The third-order valence-corrected chi connectivity index (χ3v) is 4.84. The van der Waals surface area contributed by atoms with E-state index in [1.54, 1.807) is 18.3 Å². The van der Waals surface area contributed by atoms with E-state index in [0.29, 0.717) is 0 Å². The number of hydrogen-bond acceptors (Lipinski definition) is 3. The lowest BCUT2D eigenvalue weighted by atomic mass is 9.98.